The van der Waals surface area contributed by atoms with E-state index in [0.29, 0.717) is 10.6 Å². The first kappa shape index (κ1) is 16.7. The lowest BCUT2D eigenvalue weighted by molar-refractivity contribution is 0.162. The van der Waals surface area contributed by atoms with Gasteiger partial charge in [0.2, 0.25) is 0 Å². The molecule has 20 heavy (non-hydrogen) atoms. The minimum atomic E-state index is -1.09. The van der Waals surface area contributed by atoms with Gasteiger partial charge in [-0.25, -0.2) is 4.79 Å². The molecule has 1 aromatic rings. The highest BCUT2D eigenvalue weighted by molar-refractivity contribution is 7.84. The van der Waals surface area contributed by atoms with Crippen LogP contribution >= 0.6 is 0 Å². The SMILES string of the molecule is C[S@@](=O)c1cccc(NC(=O)N[C@H](CO)C(C)(C)C)c1. The molecule has 2 amide bonds. The summed E-state index contributed by atoms with van der Waals surface area (Å²) >= 11 is 0. The number of hydrogen-bond acceptors (Lipinski definition) is 3. The molecule has 3 N–H and O–H groups in total. The molecule has 0 unspecified atom stereocenters. The molecule has 0 saturated heterocycles. The van der Waals surface area contributed by atoms with Gasteiger partial charge in [-0.15, -0.1) is 0 Å². The molecule has 0 spiro atoms. The Morgan fingerprint density at radius 2 is 2.05 bits per heavy atom. The van der Waals surface area contributed by atoms with Gasteiger partial charge in [0, 0.05) is 27.6 Å². The number of anilines is 1. The van der Waals surface area contributed by atoms with Crippen LogP contribution in [0.3, 0.4) is 0 Å². The Morgan fingerprint density at radius 1 is 1.40 bits per heavy atom. The topological polar surface area (TPSA) is 78.4 Å². The van der Waals surface area contributed by atoms with Crippen LogP contribution in [0.25, 0.3) is 0 Å². The number of urea groups is 1. The average Bonchev–Trinajstić information content (AvgIpc) is 2.34. The number of aliphatic hydroxyl groups excluding tert-OH is 1. The number of carbonyl (C=O) groups is 1. The van der Waals surface area contributed by atoms with Crippen LogP contribution in [0.1, 0.15) is 20.8 Å². The normalized spacial score (nSPS) is 14.4. The molecule has 0 aliphatic carbocycles. The van der Waals surface area contributed by atoms with E-state index in [1.54, 1.807) is 30.5 Å². The van der Waals surface area contributed by atoms with Crippen LogP contribution in [-0.4, -0.2) is 34.3 Å². The first-order chi connectivity index (χ1) is 9.24. The summed E-state index contributed by atoms with van der Waals surface area (Å²) in [5.74, 6) is 0. The average molecular weight is 298 g/mol. The zero-order chi connectivity index (χ0) is 15.3. The summed E-state index contributed by atoms with van der Waals surface area (Å²) in [6, 6.07) is 6.13. The van der Waals surface area contributed by atoms with Crippen molar-refractivity contribution >= 4 is 22.5 Å². The fourth-order valence-electron chi connectivity index (χ4n) is 1.61. The molecular formula is C14H22N2O3S. The van der Waals surface area contributed by atoms with Gasteiger partial charge in [0.25, 0.3) is 0 Å². The number of rotatable bonds is 4. The van der Waals surface area contributed by atoms with Crippen LogP contribution in [0.2, 0.25) is 0 Å². The smallest absolute Gasteiger partial charge is 0.319 e. The van der Waals surface area contributed by atoms with Gasteiger partial charge >= 0.3 is 6.03 Å². The Labute approximate surface area is 122 Å². The van der Waals surface area contributed by atoms with Crippen molar-refractivity contribution in [2.75, 3.05) is 18.2 Å². The molecule has 5 nitrogen and oxygen atoms in total. The largest absolute Gasteiger partial charge is 0.394 e. The standard InChI is InChI=1S/C14H22N2O3S/c1-14(2,3)12(9-17)16-13(18)15-10-6-5-7-11(8-10)20(4)19/h5-8,12,17H,9H2,1-4H3,(H2,15,16,18)/t12-,20-/m1/s1. The molecular weight excluding hydrogens is 276 g/mol. The predicted octanol–water partition coefficient (Wildman–Crippen LogP) is 1.95. The van der Waals surface area contributed by atoms with Crippen molar-refractivity contribution in [1.82, 2.24) is 5.32 Å². The van der Waals surface area contributed by atoms with Crippen LogP contribution in [0.4, 0.5) is 10.5 Å². The molecule has 2 atom stereocenters. The lowest BCUT2D eigenvalue weighted by atomic mass is 9.87. The van der Waals surface area contributed by atoms with Crippen molar-refractivity contribution in [2.45, 2.75) is 31.7 Å². The maximum Gasteiger partial charge on any atom is 0.319 e. The van der Waals surface area contributed by atoms with Crippen molar-refractivity contribution in [3.63, 3.8) is 0 Å². The zero-order valence-corrected chi connectivity index (χ0v) is 13.1. The minimum Gasteiger partial charge on any atom is -0.394 e. The first-order valence-electron chi connectivity index (χ1n) is 6.36. The van der Waals surface area contributed by atoms with Crippen molar-refractivity contribution in [2.24, 2.45) is 5.41 Å². The van der Waals surface area contributed by atoms with Crippen LogP contribution in [-0.2, 0) is 10.8 Å². The number of nitrogens with one attached hydrogen (secondary N) is 2. The fourth-order valence-corrected chi connectivity index (χ4v) is 2.18. The summed E-state index contributed by atoms with van der Waals surface area (Å²) in [6.45, 7) is 5.69. The lowest BCUT2D eigenvalue weighted by Crippen LogP contribution is -2.47. The van der Waals surface area contributed by atoms with Crippen molar-refractivity contribution in [3.05, 3.63) is 24.3 Å². The summed E-state index contributed by atoms with van der Waals surface area (Å²) in [4.78, 5) is 12.6. The highest BCUT2D eigenvalue weighted by Crippen LogP contribution is 2.19. The summed E-state index contributed by atoms with van der Waals surface area (Å²) < 4.78 is 11.4. The first-order valence-corrected chi connectivity index (χ1v) is 7.91. The number of hydrogen-bond donors (Lipinski definition) is 3. The van der Waals surface area contributed by atoms with Gasteiger partial charge in [-0.3, -0.25) is 4.21 Å². The maximum absolute atomic E-state index is 11.9. The quantitative estimate of drug-likeness (QED) is 0.795. The Bertz CT molecular complexity index is 497. The highest BCUT2D eigenvalue weighted by atomic mass is 32.2. The van der Waals surface area contributed by atoms with Crippen molar-refractivity contribution < 1.29 is 14.1 Å². The van der Waals surface area contributed by atoms with Crippen molar-refractivity contribution in [1.29, 1.82) is 0 Å². The molecule has 112 valence electrons. The van der Waals surface area contributed by atoms with E-state index in [-0.39, 0.29) is 18.1 Å². The summed E-state index contributed by atoms with van der Waals surface area (Å²) in [5, 5.41) is 14.7. The van der Waals surface area contributed by atoms with Gasteiger partial charge in [-0.1, -0.05) is 26.8 Å². The maximum atomic E-state index is 11.9. The molecule has 0 fully saturated rings. The second-order valence-corrected chi connectivity index (χ2v) is 7.06. The van der Waals surface area contributed by atoms with Crippen LogP contribution in [0.5, 0.6) is 0 Å². The van der Waals surface area contributed by atoms with E-state index >= 15 is 0 Å². The molecule has 0 radical (unpaired) electrons. The van der Waals surface area contributed by atoms with Crippen LogP contribution < -0.4 is 10.6 Å². The van der Waals surface area contributed by atoms with Gasteiger partial charge < -0.3 is 15.7 Å². The van der Waals surface area contributed by atoms with E-state index in [1.165, 1.54) is 0 Å². The summed E-state index contributed by atoms with van der Waals surface area (Å²) in [7, 11) is -1.09. The Kier molecular flexibility index (Phi) is 5.71. The Balaban J connectivity index is 2.71. The van der Waals surface area contributed by atoms with Gasteiger partial charge in [0.05, 0.1) is 12.6 Å². The number of benzene rings is 1. The number of carbonyl (C=O) groups excluding carboxylic acids is 1. The van der Waals surface area contributed by atoms with E-state index in [2.05, 4.69) is 10.6 Å². The van der Waals surface area contributed by atoms with E-state index < -0.39 is 16.8 Å². The third-order valence-electron chi connectivity index (χ3n) is 2.96. The number of amides is 2. The van der Waals surface area contributed by atoms with Gasteiger partial charge in [-0.2, -0.15) is 0 Å². The van der Waals surface area contributed by atoms with E-state index in [0.717, 1.165) is 0 Å². The van der Waals surface area contributed by atoms with Gasteiger partial charge in [0.15, 0.2) is 0 Å². The fraction of sp³-hybridized carbons (Fsp3) is 0.500. The second kappa shape index (κ2) is 6.85. The molecule has 0 aromatic heterocycles. The van der Waals surface area contributed by atoms with Crippen LogP contribution in [0.15, 0.2) is 29.2 Å². The number of aliphatic hydroxyl groups is 1. The Morgan fingerprint density at radius 3 is 2.55 bits per heavy atom. The van der Waals surface area contributed by atoms with E-state index in [4.69, 9.17) is 0 Å². The molecule has 0 aliphatic heterocycles. The van der Waals surface area contributed by atoms with E-state index in [9.17, 15) is 14.1 Å². The summed E-state index contributed by atoms with van der Waals surface area (Å²) in [5.41, 5.74) is 0.333. The molecule has 0 saturated carbocycles. The van der Waals surface area contributed by atoms with Crippen LogP contribution in [0, 0.1) is 5.41 Å². The highest BCUT2D eigenvalue weighted by Gasteiger charge is 2.25. The third-order valence-corrected chi connectivity index (χ3v) is 3.87. The predicted molar refractivity (Wildman–Crippen MR) is 81.3 cm³/mol. The van der Waals surface area contributed by atoms with E-state index in [1.807, 2.05) is 20.8 Å². The molecule has 1 aromatic carbocycles. The van der Waals surface area contributed by atoms with Gasteiger partial charge in [-0.05, 0) is 23.6 Å². The molecule has 0 aliphatic rings. The molecule has 0 bridgehead atoms. The molecule has 1 rings (SSSR count). The summed E-state index contributed by atoms with van der Waals surface area (Å²) in [6.07, 6.45) is 1.58. The van der Waals surface area contributed by atoms with Crippen molar-refractivity contribution in [3.8, 4) is 0 Å². The second-order valence-electron chi connectivity index (χ2n) is 5.68. The van der Waals surface area contributed by atoms with Gasteiger partial charge in [0.1, 0.15) is 0 Å². The Hall–Kier alpha value is -1.40. The molecule has 6 heteroatoms. The lowest BCUT2D eigenvalue weighted by Gasteiger charge is -2.29. The minimum absolute atomic E-state index is 0.129. The molecule has 0 heterocycles. The third kappa shape index (κ3) is 4.94. The zero-order valence-electron chi connectivity index (χ0n) is 12.3. The monoisotopic (exact) mass is 298 g/mol.